The fourth-order valence-corrected chi connectivity index (χ4v) is 4.60. The average molecular weight is 591 g/mol. The molecule has 12 heteroatoms. The van der Waals surface area contributed by atoms with Crippen molar-refractivity contribution >= 4 is 35.0 Å². The Kier molecular flexibility index (Phi) is 9.08. The Labute approximate surface area is 249 Å². The first kappa shape index (κ1) is 30.7. The minimum atomic E-state index is -1.10. The molecule has 1 aliphatic rings. The number of aryl methyl sites for hydroxylation is 2. The molecule has 0 aliphatic carbocycles. The van der Waals surface area contributed by atoms with Gasteiger partial charge in [-0.2, -0.15) is 0 Å². The monoisotopic (exact) mass is 590 g/mol. The molecule has 1 atom stereocenters. The van der Waals surface area contributed by atoms with E-state index in [0.717, 1.165) is 11.1 Å². The van der Waals surface area contributed by atoms with Crippen molar-refractivity contribution < 1.29 is 38.1 Å². The van der Waals surface area contributed by atoms with Gasteiger partial charge in [0.15, 0.2) is 17.2 Å². The number of benzene rings is 3. The lowest BCUT2D eigenvalue weighted by Gasteiger charge is -2.17. The van der Waals surface area contributed by atoms with E-state index in [-0.39, 0.29) is 52.1 Å². The summed E-state index contributed by atoms with van der Waals surface area (Å²) in [5.74, 6) is -0.533. The van der Waals surface area contributed by atoms with Gasteiger partial charge in [-0.25, -0.2) is 0 Å². The van der Waals surface area contributed by atoms with E-state index < -0.39 is 23.8 Å². The minimum absolute atomic E-state index is 0.0957. The third-order valence-electron chi connectivity index (χ3n) is 6.72. The molecule has 12 nitrogen and oxygen atoms in total. The van der Waals surface area contributed by atoms with Gasteiger partial charge in [-0.3, -0.25) is 19.2 Å². The number of anilines is 2. The predicted molar refractivity (Wildman–Crippen MR) is 160 cm³/mol. The van der Waals surface area contributed by atoms with Gasteiger partial charge >= 0.3 is 0 Å². The fourth-order valence-electron chi connectivity index (χ4n) is 4.60. The van der Waals surface area contributed by atoms with Gasteiger partial charge in [0.25, 0.3) is 11.8 Å². The Morgan fingerprint density at radius 3 is 2.05 bits per heavy atom. The van der Waals surface area contributed by atoms with Gasteiger partial charge in [0.1, 0.15) is 11.8 Å². The maximum atomic E-state index is 13.5. The number of ether oxygens (including phenoxy) is 4. The lowest BCUT2D eigenvalue weighted by molar-refractivity contribution is -0.131. The predicted octanol–water partition coefficient (Wildman–Crippen LogP) is 3.90. The number of amides is 4. The number of methoxy groups -OCH3 is 3. The minimum Gasteiger partial charge on any atom is -0.493 e. The average Bonchev–Trinajstić information content (AvgIpc) is 3.06. The Hall–Kier alpha value is -5.26. The number of carbonyl (C=O) groups excluding carboxylic acids is 4. The van der Waals surface area contributed by atoms with E-state index in [9.17, 15) is 19.2 Å². The van der Waals surface area contributed by atoms with Crippen molar-refractivity contribution in [3.63, 3.8) is 0 Å². The van der Waals surface area contributed by atoms with E-state index in [2.05, 4.69) is 16.0 Å². The third-order valence-corrected chi connectivity index (χ3v) is 6.72. The molecule has 0 saturated carbocycles. The lowest BCUT2D eigenvalue weighted by Crippen LogP contribution is -2.44. The molecule has 4 rings (SSSR count). The molecule has 0 fully saturated rings. The Morgan fingerprint density at radius 2 is 1.49 bits per heavy atom. The van der Waals surface area contributed by atoms with Crippen LogP contribution in [0.15, 0.2) is 42.5 Å². The van der Waals surface area contributed by atoms with Crippen molar-refractivity contribution in [2.75, 3.05) is 46.1 Å². The van der Waals surface area contributed by atoms with Crippen LogP contribution >= 0.6 is 0 Å². The summed E-state index contributed by atoms with van der Waals surface area (Å²) in [6, 6.07) is 10.4. The molecule has 0 spiro atoms. The second-order valence-corrected chi connectivity index (χ2v) is 10.2. The molecule has 1 aliphatic heterocycles. The van der Waals surface area contributed by atoms with Crippen LogP contribution in [0.5, 0.6) is 28.7 Å². The molecule has 4 amide bonds. The number of hydrogen-bond acceptors (Lipinski definition) is 8. The van der Waals surface area contributed by atoms with Crippen LogP contribution in [0.4, 0.5) is 11.4 Å². The Morgan fingerprint density at radius 1 is 0.860 bits per heavy atom. The SMILES string of the molecule is COc1cc(C(=O)Nc2cc3c(cc2Oc2cc(C)cc(C)c2)C(=O)N[C@@H](CC(=O)N(C)C)C(=O)N3)cc(OC)c1OC. The van der Waals surface area contributed by atoms with Gasteiger partial charge < -0.3 is 39.8 Å². The number of fused-ring (bicyclic) bond motifs is 1. The van der Waals surface area contributed by atoms with E-state index in [1.54, 1.807) is 14.1 Å². The second kappa shape index (κ2) is 12.7. The molecular weight excluding hydrogens is 556 g/mol. The van der Waals surface area contributed by atoms with Crippen LogP contribution in [-0.2, 0) is 9.59 Å². The van der Waals surface area contributed by atoms with Crippen LogP contribution in [0.25, 0.3) is 0 Å². The first-order valence-electron chi connectivity index (χ1n) is 13.3. The summed E-state index contributed by atoms with van der Waals surface area (Å²) >= 11 is 0. The molecule has 1 heterocycles. The van der Waals surface area contributed by atoms with Crippen molar-refractivity contribution in [1.29, 1.82) is 0 Å². The maximum Gasteiger partial charge on any atom is 0.256 e. The number of nitrogens with zero attached hydrogens (tertiary/aromatic N) is 1. The van der Waals surface area contributed by atoms with Crippen molar-refractivity contribution in [2.24, 2.45) is 0 Å². The van der Waals surface area contributed by atoms with E-state index in [0.29, 0.717) is 11.5 Å². The van der Waals surface area contributed by atoms with Gasteiger partial charge in [-0.15, -0.1) is 0 Å². The van der Waals surface area contributed by atoms with Crippen LogP contribution < -0.4 is 34.9 Å². The molecule has 3 aromatic rings. The highest BCUT2D eigenvalue weighted by atomic mass is 16.5. The highest BCUT2D eigenvalue weighted by Gasteiger charge is 2.31. The van der Waals surface area contributed by atoms with Gasteiger partial charge in [0.2, 0.25) is 17.6 Å². The summed E-state index contributed by atoms with van der Waals surface area (Å²) in [6.45, 7) is 3.84. The van der Waals surface area contributed by atoms with Gasteiger partial charge in [-0.05, 0) is 61.4 Å². The summed E-state index contributed by atoms with van der Waals surface area (Å²) in [6.07, 6.45) is -0.227. The largest absolute Gasteiger partial charge is 0.493 e. The molecule has 3 N–H and O–H groups in total. The van der Waals surface area contributed by atoms with Gasteiger partial charge in [0.05, 0.1) is 44.7 Å². The zero-order valence-electron chi connectivity index (χ0n) is 25.0. The van der Waals surface area contributed by atoms with Crippen molar-refractivity contribution in [3.05, 3.63) is 64.7 Å². The van der Waals surface area contributed by atoms with Crippen molar-refractivity contribution in [1.82, 2.24) is 10.2 Å². The van der Waals surface area contributed by atoms with Crippen molar-refractivity contribution in [3.8, 4) is 28.7 Å². The number of rotatable bonds is 9. The quantitative estimate of drug-likeness (QED) is 0.340. The summed E-state index contributed by atoms with van der Waals surface area (Å²) in [5, 5.41) is 8.14. The molecule has 0 aromatic heterocycles. The van der Waals surface area contributed by atoms with E-state index in [4.69, 9.17) is 18.9 Å². The molecular formula is C31H34N4O8. The molecule has 43 heavy (non-hydrogen) atoms. The highest BCUT2D eigenvalue weighted by molar-refractivity contribution is 6.13. The van der Waals surface area contributed by atoms with E-state index in [1.165, 1.54) is 50.5 Å². The standard InChI is InChI=1S/C31H34N4O8/c1-16-8-17(2)10-19(9-16)43-24-13-20-21(32-31(39)23(34-30(20)38)15-27(36)35(3)4)14-22(24)33-29(37)18-11-25(40-5)28(42-7)26(12-18)41-6/h8-14,23H,15H2,1-7H3,(H,32,39)(H,33,37)(H,34,38)/t23-/m0/s1. The van der Waals surface area contributed by atoms with Crippen LogP contribution in [0.1, 0.15) is 38.3 Å². The topological polar surface area (TPSA) is 145 Å². The highest BCUT2D eigenvalue weighted by Crippen LogP contribution is 2.40. The summed E-state index contributed by atoms with van der Waals surface area (Å²) in [7, 11) is 7.46. The molecule has 0 radical (unpaired) electrons. The smallest absolute Gasteiger partial charge is 0.256 e. The van der Waals surface area contributed by atoms with Crippen molar-refractivity contribution in [2.45, 2.75) is 26.3 Å². The first-order chi connectivity index (χ1) is 20.4. The Bertz CT molecular complexity index is 1560. The summed E-state index contributed by atoms with van der Waals surface area (Å²) in [4.78, 5) is 53.5. The van der Waals surface area contributed by atoms with E-state index >= 15 is 0 Å². The molecule has 226 valence electrons. The van der Waals surface area contributed by atoms with Gasteiger partial charge in [-0.1, -0.05) is 6.07 Å². The van der Waals surface area contributed by atoms with Crippen LogP contribution in [0.2, 0.25) is 0 Å². The Balaban J connectivity index is 1.77. The number of carbonyl (C=O) groups is 4. The molecule has 3 aromatic carbocycles. The maximum absolute atomic E-state index is 13.5. The summed E-state index contributed by atoms with van der Waals surface area (Å²) < 4.78 is 22.3. The zero-order valence-corrected chi connectivity index (χ0v) is 25.0. The number of nitrogens with one attached hydrogen (secondary N) is 3. The number of hydrogen-bond donors (Lipinski definition) is 3. The molecule has 0 saturated heterocycles. The van der Waals surface area contributed by atoms with Crippen LogP contribution in [0, 0.1) is 13.8 Å². The first-order valence-corrected chi connectivity index (χ1v) is 13.3. The van der Waals surface area contributed by atoms with Gasteiger partial charge in [0, 0.05) is 19.7 Å². The zero-order chi connectivity index (χ0) is 31.4. The fraction of sp³-hybridized carbons (Fsp3) is 0.290. The van der Waals surface area contributed by atoms with Crippen LogP contribution in [0.3, 0.4) is 0 Å². The second-order valence-electron chi connectivity index (χ2n) is 10.2. The molecule has 0 unspecified atom stereocenters. The summed E-state index contributed by atoms with van der Waals surface area (Å²) in [5.41, 5.74) is 2.49. The lowest BCUT2D eigenvalue weighted by atomic mass is 10.1. The normalized spacial score (nSPS) is 14.0. The van der Waals surface area contributed by atoms with Crippen LogP contribution in [-0.4, -0.2) is 70.0 Å². The third kappa shape index (κ3) is 6.80. The van der Waals surface area contributed by atoms with E-state index in [1.807, 2.05) is 32.0 Å². The molecule has 0 bridgehead atoms.